The van der Waals surface area contributed by atoms with Crippen molar-refractivity contribution in [2.75, 3.05) is 6.54 Å². The molecule has 2 N–H and O–H groups in total. The van der Waals surface area contributed by atoms with E-state index in [9.17, 15) is 4.79 Å². The summed E-state index contributed by atoms with van der Waals surface area (Å²) in [5.41, 5.74) is 0.848. The second-order valence-electron chi connectivity index (χ2n) is 5.15. The van der Waals surface area contributed by atoms with Gasteiger partial charge in [0.15, 0.2) is 5.82 Å². The van der Waals surface area contributed by atoms with Gasteiger partial charge in [0.25, 0.3) is 0 Å². The third-order valence-corrected chi connectivity index (χ3v) is 3.40. The Morgan fingerprint density at radius 2 is 2.33 bits per heavy atom. The minimum absolute atomic E-state index is 0.0584. The van der Waals surface area contributed by atoms with E-state index >= 15 is 0 Å². The zero-order valence-electron chi connectivity index (χ0n) is 13.2. The zero-order chi connectivity index (χ0) is 16.8. The summed E-state index contributed by atoms with van der Waals surface area (Å²) in [6.07, 6.45) is 4.30. The van der Waals surface area contributed by atoms with Gasteiger partial charge in [0.1, 0.15) is 11.6 Å². The highest BCUT2D eigenvalue weighted by Gasteiger charge is 2.08. The molecule has 0 bridgehead atoms. The van der Waals surface area contributed by atoms with Crippen molar-refractivity contribution in [1.29, 1.82) is 0 Å². The van der Waals surface area contributed by atoms with Gasteiger partial charge in [-0.1, -0.05) is 0 Å². The van der Waals surface area contributed by atoms with E-state index in [0.29, 0.717) is 43.4 Å². The smallest absolute Gasteiger partial charge is 0.221 e. The number of pyridine rings is 1. The lowest BCUT2D eigenvalue weighted by Gasteiger charge is -2.04. The molecule has 0 fully saturated rings. The summed E-state index contributed by atoms with van der Waals surface area (Å²) in [6, 6.07) is 3.72. The lowest BCUT2D eigenvalue weighted by atomic mass is 10.3. The first-order valence-electron chi connectivity index (χ1n) is 7.53. The largest absolute Gasteiger partial charge is 0.356 e. The SMILES string of the molecule is Cc1nnnn1CCC(=O)NCCc1nc(-c2cccnc2)n[nH]1. The van der Waals surface area contributed by atoms with Gasteiger partial charge in [0.05, 0.1) is 6.54 Å². The number of tetrazole rings is 1. The Hall–Kier alpha value is -3.17. The molecule has 0 aliphatic heterocycles. The van der Waals surface area contributed by atoms with Gasteiger partial charge in [0, 0.05) is 37.3 Å². The van der Waals surface area contributed by atoms with Crippen LogP contribution in [-0.4, -0.2) is 52.8 Å². The van der Waals surface area contributed by atoms with E-state index < -0.39 is 0 Å². The van der Waals surface area contributed by atoms with E-state index in [1.807, 2.05) is 12.1 Å². The van der Waals surface area contributed by atoms with Crippen LogP contribution >= 0.6 is 0 Å². The molecule has 0 unspecified atom stereocenters. The predicted octanol–water partition coefficient (Wildman–Crippen LogP) is -0.0894. The van der Waals surface area contributed by atoms with E-state index in [-0.39, 0.29) is 5.91 Å². The molecule has 10 nitrogen and oxygen atoms in total. The van der Waals surface area contributed by atoms with Crippen molar-refractivity contribution in [3.8, 4) is 11.4 Å². The number of aryl methyl sites for hydroxylation is 2. The highest BCUT2D eigenvalue weighted by molar-refractivity contribution is 5.75. The zero-order valence-corrected chi connectivity index (χ0v) is 13.2. The number of H-pyrrole nitrogens is 1. The number of carbonyl (C=O) groups excluding carboxylic acids is 1. The molecule has 24 heavy (non-hydrogen) atoms. The Labute approximate surface area is 137 Å². The normalized spacial score (nSPS) is 10.7. The molecular formula is C14H17N9O. The Kier molecular flexibility index (Phi) is 4.84. The lowest BCUT2D eigenvalue weighted by molar-refractivity contribution is -0.121. The second kappa shape index (κ2) is 7.40. The minimum atomic E-state index is -0.0584. The molecule has 3 aromatic heterocycles. The van der Waals surface area contributed by atoms with Crippen LogP contribution in [0.25, 0.3) is 11.4 Å². The maximum atomic E-state index is 11.8. The van der Waals surface area contributed by atoms with Crippen LogP contribution in [-0.2, 0) is 17.8 Å². The standard InChI is InChI=1S/C14H17N9O/c1-10-18-21-22-23(10)8-5-13(24)16-7-4-12-17-14(20-19-12)11-3-2-6-15-9-11/h2-3,6,9H,4-5,7-8H2,1H3,(H,16,24)(H,17,19,20). The molecule has 10 heteroatoms. The van der Waals surface area contributed by atoms with Crippen LogP contribution in [0.5, 0.6) is 0 Å². The number of amides is 1. The van der Waals surface area contributed by atoms with Crippen LogP contribution in [0.3, 0.4) is 0 Å². The second-order valence-corrected chi connectivity index (χ2v) is 5.15. The summed E-state index contributed by atoms with van der Waals surface area (Å²) >= 11 is 0. The number of aromatic amines is 1. The average Bonchev–Trinajstić information content (AvgIpc) is 3.23. The first-order chi connectivity index (χ1) is 11.7. The molecule has 3 aromatic rings. The summed E-state index contributed by atoms with van der Waals surface area (Å²) in [4.78, 5) is 20.2. The minimum Gasteiger partial charge on any atom is -0.356 e. The van der Waals surface area contributed by atoms with Crippen molar-refractivity contribution in [2.45, 2.75) is 26.3 Å². The topological polar surface area (TPSA) is 127 Å². The molecule has 0 radical (unpaired) electrons. The fraction of sp³-hybridized carbons (Fsp3) is 0.357. The van der Waals surface area contributed by atoms with E-state index in [2.05, 4.69) is 41.0 Å². The Balaban J connectivity index is 1.42. The van der Waals surface area contributed by atoms with Crippen molar-refractivity contribution < 1.29 is 4.79 Å². The van der Waals surface area contributed by atoms with Gasteiger partial charge in [-0.15, -0.1) is 5.10 Å². The molecule has 3 rings (SSSR count). The Morgan fingerprint density at radius 3 is 3.08 bits per heavy atom. The van der Waals surface area contributed by atoms with Crippen LogP contribution in [0.1, 0.15) is 18.1 Å². The van der Waals surface area contributed by atoms with Crippen molar-refractivity contribution in [3.63, 3.8) is 0 Å². The van der Waals surface area contributed by atoms with Gasteiger partial charge in [-0.05, 0) is 29.5 Å². The number of hydrogen-bond donors (Lipinski definition) is 2. The number of nitrogens with one attached hydrogen (secondary N) is 2. The summed E-state index contributed by atoms with van der Waals surface area (Å²) in [5, 5.41) is 21.0. The molecule has 0 saturated heterocycles. The monoisotopic (exact) mass is 327 g/mol. The molecular weight excluding hydrogens is 310 g/mol. The number of hydrogen-bond acceptors (Lipinski definition) is 7. The van der Waals surface area contributed by atoms with Gasteiger partial charge in [-0.25, -0.2) is 9.67 Å². The van der Waals surface area contributed by atoms with Crippen LogP contribution < -0.4 is 5.32 Å². The third kappa shape index (κ3) is 3.97. The maximum Gasteiger partial charge on any atom is 0.221 e. The fourth-order valence-corrected chi connectivity index (χ4v) is 2.10. The Morgan fingerprint density at radius 1 is 1.42 bits per heavy atom. The number of nitrogens with zero attached hydrogens (tertiary/aromatic N) is 7. The van der Waals surface area contributed by atoms with E-state index in [1.54, 1.807) is 24.0 Å². The highest BCUT2D eigenvalue weighted by atomic mass is 16.1. The van der Waals surface area contributed by atoms with E-state index in [4.69, 9.17) is 0 Å². The molecule has 1 amide bonds. The number of carbonyl (C=O) groups is 1. The van der Waals surface area contributed by atoms with Gasteiger partial charge in [0.2, 0.25) is 5.91 Å². The van der Waals surface area contributed by atoms with E-state index in [1.165, 1.54) is 0 Å². The molecule has 0 aromatic carbocycles. The molecule has 3 heterocycles. The number of rotatable bonds is 7. The summed E-state index contributed by atoms with van der Waals surface area (Å²) < 4.78 is 1.59. The van der Waals surface area contributed by atoms with Crippen LogP contribution in [0, 0.1) is 6.92 Å². The third-order valence-electron chi connectivity index (χ3n) is 3.40. The van der Waals surface area contributed by atoms with Gasteiger partial charge in [-0.2, -0.15) is 5.10 Å². The van der Waals surface area contributed by atoms with Crippen molar-refractivity contribution in [3.05, 3.63) is 36.2 Å². The van der Waals surface area contributed by atoms with Crippen molar-refractivity contribution in [2.24, 2.45) is 0 Å². The molecule has 0 atom stereocenters. The summed E-state index contributed by atoms with van der Waals surface area (Å²) in [7, 11) is 0. The van der Waals surface area contributed by atoms with Gasteiger partial charge < -0.3 is 5.32 Å². The molecule has 0 saturated carbocycles. The first kappa shape index (κ1) is 15.7. The Bertz CT molecular complexity index is 795. The summed E-state index contributed by atoms with van der Waals surface area (Å²) in [6.45, 7) is 2.73. The van der Waals surface area contributed by atoms with Gasteiger partial charge in [-0.3, -0.25) is 14.9 Å². The summed E-state index contributed by atoms with van der Waals surface area (Å²) in [5.74, 6) is 1.94. The van der Waals surface area contributed by atoms with Gasteiger partial charge >= 0.3 is 0 Å². The van der Waals surface area contributed by atoms with Crippen LogP contribution in [0.15, 0.2) is 24.5 Å². The number of aromatic nitrogens is 8. The molecule has 0 aliphatic carbocycles. The predicted molar refractivity (Wildman–Crippen MR) is 83.5 cm³/mol. The van der Waals surface area contributed by atoms with Crippen molar-refractivity contribution in [1.82, 2.24) is 45.7 Å². The maximum absolute atomic E-state index is 11.8. The van der Waals surface area contributed by atoms with Crippen LogP contribution in [0.2, 0.25) is 0 Å². The lowest BCUT2D eigenvalue weighted by Crippen LogP contribution is -2.27. The van der Waals surface area contributed by atoms with Crippen LogP contribution in [0.4, 0.5) is 0 Å². The molecule has 124 valence electrons. The molecule has 0 spiro atoms. The average molecular weight is 327 g/mol. The fourth-order valence-electron chi connectivity index (χ4n) is 2.10. The van der Waals surface area contributed by atoms with Crippen molar-refractivity contribution >= 4 is 5.91 Å². The quantitative estimate of drug-likeness (QED) is 0.621. The van der Waals surface area contributed by atoms with E-state index in [0.717, 1.165) is 5.56 Å². The highest BCUT2D eigenvalue weighted by Crippen LogP contribution is 2.11. The molecule has 0 aliphatic rings. The first-order valence-corrected chi connectivity index (χ1v) is 7.53.